The second-order valence-electron chi connectivity index (χ2n) is 5.82. The van der Waals surface area contributed by atoms with Crippen molar-refractivity contribution >= 4 is 5.91 Å². The van der Waals surface area contributed by atoms with Crippen LogP contribution in [0.3, 0.4) is 0 Å². The van der Waals surface area contributed by atoms with E-state index in [9.17, 15) is 4.79 Å². The van der Waals surface area contributed by atoms with E-state index in [1.807, 2.05) is 24.0 Å². The van der Waals surface area contributed by atoms with E-state index in [4.69, 9.17) is 0 Å². The van der Waals surface area contributed by atoms with Crippen molar-refractivity contribution in [3.63, 3.8) is 0 Å². The van der Waals surface area contributed by atoms with Crippen LogP contribution < -0.4 is 0 Å². The molecule has 3 rings (SSSR count). The third-order valence-electron chi connectivity index (χ3n) is 4.03. The van der Waals surface area contributed by atoms with Gasteiger partial charge in [-0.1, -0.05) is 6.07 Å². The summed E-state index contributed by atoms with van der Waals surface area (Å²) in [5.41, 5.74) is 2.58. The molecule has 1 aliphatic rings. The van der Waals surface area contributed by atoms with Crippen LogP contribution in [0.2, 0.25) is 0 Å². The number of hydrogen-bond donors (Lipinski definition) is 0. The molecule has 0 spiro atoms. The van der Waals surface area contributed by atoms with Crippen LogP contribution in [0, 0.1) is 12.8 Å². The van der Waals surface area contributed by atoms with Gasteiger partial charge in [-0.3, -0.25) is 14.8 Å². The number of nitrogens with zero attached hydrogens (tertiary/aromatic N) is 4. The summed E-state index contributed by atoms with van der Waals surface area (Å²) in [6, 6.07) is 6.12. The molecule has 2 aromatic rings. The maximum Gasteiger partial charge on any atom is 0.274 e. The molecule has 1 fully saturated rings. The minimum atomic E-state index is -0.0185. The molecule has 0 N–H and O–H groups in total. The van der Waals surface area contributed by atoms with Crippen molar-refractivity contribution in [2.75, 3.05) is 13.1 Å². The lowest BCUT2D eigenvalue weighted by Gasteiger charge is -2.32. The van der Waals surface area contributed by atoms with Crippen LogP contribution in [-0.2, 0) is 6.42 Å². The van der Waals surface area contributed by atoms with Crippen molar-refractivity contribution in [2.45, 2.75) is 26.2 Å². The lowest BCUT2D eigenvalue weighted by atomic mass is 9.93. The van der Waals surface area contributed by atoms with Gasteiger partial charge in [-0.25, -0.2) is 4.98 Å². The molecule has 0 aliphatic carbocycles. The van der Waals surface area contributed by atoms with Crippen molar-refractivity contribution < 1.29 is 4.79 Å². The second-order valence-corrected chi connectivity index (χ2v) is 5.82. The van der Waals surface area contributed by atoms with Gasteiger partial charge in [-0.2, -0.15) is 0 Å². The van der Waals surface area contributed by atoms with Crippen LogP contribution in [0.4, 0.5) is 0 Å². The fourth-order valence-electron chi connectivity index (χ4n) is 3.00. The van der Waals surface area contributed by atoms with Crippen molar-refractivity contribution in [3.05, 3.63) is 53.9 Å². The maximum absolute atomic E-state index is 12.5. The van der Waals surface area contributed by atoms with E-state index in [0.29, 0.717) is 11.6 Å². The minimum absolute atomic E-state index is 0.0185. The fourth-order valence-corrected chi connectivity index (χ4v) is 3.00. The zero-order valence-electron chi connectivity index (χ0n) is 12.8. The van der Waals surface area contributed by atoms with Gasteiger partial charge < -0.3 is 4.90 Å². The molecule has 1 atom stereocenters. The number of hydrogen-bond acceptors (Lipinski definition) is 4. The van der Waals surface area contributed by atoms with Crippen LogP contribution in [-0.4, -0.2) is 38.8 Å². The van der Waals surface area contributed by atoms with Gasteiger partial charge in [0.2, 0.25) is 0 Å². The lowest BCUT2D eigenvalue weighted by molar-refractivity contribution is 0.0666. The van der Waals surface area contributed by atoms with E-state index < -0.39 is 0 Å². The first-order valence-corrected chi connectivity index (χ1v) is 7.70. The Morgan fingerprint density at radius 1 is 1.36 bits per heavy atom. The Morgan fingerprint density at radius 2 is 2.27 bits per heavy atom. The Kier molecular flexibility index (Phi) is 4.42. The van der Waals surface area contributed by atoms with E-state index in [0.717, 1.165) is 43.7 Å². The SMILES string of the molecule is Cc1cccc(CC2CCCN(C(=O)c3cnccn3)C2)n1. The van der Waals surface area contributed by atoms with Gasteiger partial charge in [0.15, 0.2) is 0 Å². The average molecular weight is 296 g/mol. The summed E-state index contributed by atoms with van der Waals surface area (Å²) < 4.78 is 0. The molecular weight excluding hydrogens is 276 g/mol. The summed E-state index contributed by atoms with van der Waals surface area (Å²) in [6.07, 6.45) is 7.77. The van der Waals surface area contributed by atoms with Crippen molar-refractivity contribution in [3.8, 4) is 0 Å². The monoisotopic (exact) mass is 296 g/mol. The highest BCUT2D eigenvalue weighted by atomic mass is 16.2. The van der Waals surface area contributed by atoms with Gasteiger partial charge in [-0.15, -0.1) is 0 Å². The number of likely N-dealkylation sites (tertiary alicyclic amines) is 1. The molecule has 0 bridgehead atoms. The highest BCUT2D eigenvalue weighted by Gasteiger charge is 2.25. The van der Waals surface area contributed by atoms with Gasteiger partial charge in [0.1, 0.15) is 5.69 Å². The summed E-state index contributed by atoms with van der Waals surface area (Å²) >= 11 is 0. The number of carbonyl (C=O) groups is 1. The summed E-state index contributed by atoms with van der Waals surface area (Å²) in [5.74, 6) is 0.443. The fraction of sp³-hybridized carbons (Fsp3) is 0.412. The van der Waals surface area contributed by atoms with Crippen LogP contribution in [0.15, 0.2) is 36.8 Å². The van der Waals surface area contributed by atoms with E-state index in [1.165, 1.54) is 6.20 Å². The van der Waals surface area contributed by atoms with Crippen LogP contribution in [0.5, 0.6) is 0 Å². The minimum Gasteiger partial charge on any atom is -0.337 e. The number of carbonyl (C=O) groups excluding carboxylic acids is 1. The number of piperidine rings is 1. The summed E-state index contributed by atoms with van der Waals surface area (Å²) in [6.45, 7) is 3.58. The van der Waals surface area contributed by atoms with Crippen LogP contribution in [0.25, 0.3) is 0 Å². The Morgan fingerprint density at radius 3 is 3.05 bits per heavy atom. The average Bonchev–Trinajstić information content (AvgIpc) is 2.55. The first kappa shape index (κ1) is 14.6. The summed E-state index contributed by atoms with van der Waals surface area (Å²) in [7, 11) is 0. The van der Waals surface area contributed by atoms with Crippen molar-refractivity contribution in [1.82, 2.24) is 19.9 Å². The van der Waals surface area contributed by atoms with Gasteiger partial charge >= 0.3 is 0 Å². The predicted molar refractivity (Wildman–Crippen MR) is 83.3 cm³/mol. The van der Waals surface area contributed by atoms with Gasteiger partial charge in [0.25, 0.3) is 5.91 Å². The molecule has 1 aliphatic heterocycles. The number of amides is 1. The Labute approximate surface area is 130 Å². The molecule has 2 aromatic heterocycles. The highest BCUT2D eigenvalue weighted by Crippen LogP contribution is 2.21. The first-order valence-electron chi connectivity index (χ1n) is 7.70. The normalized spacial score (nSPS) is 18.2. The Bertz CT molecular complexity index is 644. The highest BCUT2D eigenvalue weighted by molar-refractivity contribution is 5.92. The topological polar surface area (TPSA) is 59.0 Å². The first-order chi connectivity index (χ1) is 10.7. The Hall–Kier alpha value is -2.30. The smallest absolute Gasteiger partial charge is 0.274 e. The van der Waals surface area contributed by atoms with E-state index in [1.54, 1.807) is 12.4 Å². The van der Waals surface area contributed by atoms with Crippen LogP contribution >= 0.6 is 0 Å². The summed E-state index contributed by atoms with van der Waals surface area (Å²) in [5, 5.41) is 0. The van der Waals surface area contributed by atoms with E-state index >= 15 is 0 Å². The molecular formula is C17H20N4O. The third kappa shape index (κ3) is 3.47. The van der Waals surface area contributed by atoms with Crippen LogP contribution in [0.1, 0.15) is 34.7 Å². The van der Waals surface area contributed by atoms with Gasteiger partial charge in [0.05, 0.1) is 6.20 Å². The quantitative estimate of drug-likeness (QED) is 0.872. The third-order valence-corrected chi connectivity index (χ3v) is 4.03. The van der Waals surface area contributed by atoms with Gasteiger partial charge in [-0.05, 0) is 44.2 Å². The molecule has 1 unspecified atom stereocenters. The van der Waals surface area contributed by atoms with Crippen molar-refractivity contribution in [1.29, 1.82) is 0 Å². The molecule has 3 heterocycles. The number of rotatable bonds is 3. The zero-order chi connectivity index (χ0) is 15.4. The number of aryl methyl sites for hydroxylation is 1. The predicted octanol–water partition coefficient (Wildman–Crippen LogP) is 2.27. The zero-order valence-corrected chi connectivity index (χ0v) is 12.8. The molecule has 1 amide bonds. The van der Waals surface area contributed by atoms with E-state index in [2.05, 4.69) is 21.0 Å². The Balaban J connectivity index is 1.65. The lowest BCUT2D eigenvalue weighted by Crippen LogP contribution is -2.41. The molecule has 22 heavy (non-hydrogen) atoms. The van der Waals surface area contributed by atoms with E-state index in [-0.39, 0.29) is 5.91 Å². The van der Waals surface area contributed by atoms with Gasteiger partial charge in [0, 0.05) is 36.9 Å². The van der Waals surface area contributed by atoms with Crippen molar-refractivity contribution in [2.24, 2.45) is 5.92 Å². The molecule has 0 radical (unpaired) electrons. The molecule has 1 saturated heterocycles. The molecule has 0 aromatic carbocycles. The molecule has 5 nitrogen and oxygen atoms in total. The summed E-state index contributed by atoms with van der Waals surface area (Å²) in [4.78, 5) is 27.0. The molecule has 114 valence electrons. The molecule has 5 heteroatoms. The largest absolute Gasteiger partial charge is 0.337 e. The number of aromatic nitrogens is 3. The molecule has 0 saturated carbocycles. The second kappa shape index (κ2) is 6.64. The number of pyridine rings is 1. The maximum atomic E-state index is 12.5. The standard InChI is InChI=1S/C17H20N4O/c1-13-4-2-6-15(20-13)10-14-5-3-9-21(12-14)17(22)16-11-18-7-8-19-16/h2,4,6-8,11,14H,3,5,9-10,12H2,1H3.